The number of hydrogen-bond acceptors (Lipinski definition) is 3. The fraction of sp³-hybridized carbons (Fsp3) is 0.265. The summed E-state index contributed by atoms with van der Waals surface area (Å²) in [4.78, 5) is 29.2. The lowest BCUT2D eigenvalue weighted by atomic mass is 9.98. The van der Waals surface area contributed by atoms with Crippen molar-refractivity contribution in [1.82, 2.24) is 18.9 Å². The van der Waals surface area contributed by atoms with E-state index >= 15 is 0 Å². The zero-order valence-electron chi connectivity index (χ0n) is 33.5. The van der Waals surface area contributed by atoms with Crippen molar-refractivity contribution in [1.29, 1.82) is 0 Å². The number of fused-ring (bicyclic) bond motifs is 2. The molecule has 2 aliphatic heterocycles. The zero-order chi connectivity index (χ0) is 41.2. The lowest BCUT2D eigenvalue weighted by Crippen LogP contribution is -2.30. The van der Waals surface area contributed by atoms with Crippen LogP contribution < -0.4 is 4.74 Å². The van der Waals surface area contributed by atoms with Crippen LogP contribution >= 0.6 is 11.6 Å². The lowest BCUT2D eigenvalue weighted by molar-refractivity contribution is -0.129. The third-order valence-corrected chi connectivity index (χ3v) is 12.1. The molecule has 0 spiro atoms. The van der Waals surface area contributed by atoms with Crippen molar-refractivity contribution < 1.29 is 23.1 Å². The SMILES string of the molecule is COc1cccc(Cn2cc(C3CCN(C(=O)c4c(F)ccc(C)c4F)C3)c3ccccc32)c1.Cn1cc(C2CCN(C(=O)Cc3ccc(Cl)cc3)C2)c2ccccc21. The van der Waals surface area contributed by atoms with Crippen LogP contribution in [0.2, 0.25) is 5.02 Å². The molecule has 2 atom stereocenters. The van der Waals surface area contributed by atoms with Crippen LogP contribution in [-0.2, 0) is 24.8 Å². The van der Waals surface area contributed by atoms with Crippen LogP contribution in [0, 0.1) is 18.6 Å². The van der Waals surface area contributed by atoms with Gasteiger partial charge in [-0.1, -0.05) is 78.3 Å². The van der Waals surface area contributed by atoms with E-state index in [1.165, 1.54) is 29.5 Å². The molecule has 2 unspecified atom stereocenters. The highest BCUT2D eigenvalue weighted by atomic mass is 35.5. The van der Waals surface area contributed by atoms with Gasteiger partial charge in [0.05, 0.1) is 13.5 Å². The fourth-order valence-electron chi connectivity index (χ4n) is 8.74. The normalized spacial score (nSPS) is 16.4. The molecule has 0 aliphatic carbocycles. The molecule has 2 saturated heterocycles. The van der Waals surface area contributed by atoms with Crippen LogP contribution in [0.5, 0.6) is 5.75 Å². The summed E-state index contributed by atoms with van der Waals surface area (Å²) < 4.78 is 38.6. The Morgan fingerprint density at radius 2 is 1.39 bits per heavy atom. The van der Waals surface area contributed by atoms with E-state index in [1.807, 2.05) is 59.5 Å². The molecular weight excluding hydrogens is 766 g/mol. The molecule has 10 heteroatoms. The molecule has 7 nitrogen and oxygen atoms in total. The smallest absolute Gasteiger partial charge is 0.259 e. The first kappa shape index (κ1) is 39.9. The predicted molar refractivity (Wildman–Crippen MR) is 230 cm³/mol. The largest absolute Gasteiger partial charge is 0.497 e. The Kier molecular flexibility index (Phi) is 11.6. The molecule has 302 valence electrons. The van der Waals surface area contributed by atoms with Gasteiger partial charge in [-0.2, -0.15) is 0 Å². The summed E-state index contributed by atoms with van der Waals surface area (Å²) in [5.74, 6) is -0.646. The quantitative estimate of drug-likeness (QED) is 0.154. The molecule has 2 amide bonds. The first-order valence-electron chi connectivity index (χ1n) is 20.1. The summed E-state index contributed by atoms with van der Waals surface area (Å²) in [5, 5.41) is 3.15. The Hall–Kier alpha value is -5.93. The summed E-state index contributed by atoms with van der Waals surface area (Å²) in [6.45, 7) is 4.76. The standard InChI is InChI=1S/C28H26F2N2O2.C21H21ClN2O/c1-18-10-11-24(29)26(27(18)30)28(33)31-13-12-20(16-31)23-17-32(25-9-4-3-8-22(23)25)15-19-6-5-7-21(14-19)34-2;1-23-14-19(18-4-2-3-5-20(18)23)16-10-11-24(13-16)21(25)12-15-6-8-17(22)9-7-15/h3-11,14,17,20H,12-13,15-16H2,1-2H3;2-9,14,16H,10-13H2,1H3. The second kappa shape index (κ2) is 17.1. The Labute approximate surface area is 348 Å². The fourth-order valence-corrected chi connectivity index (χ4v) is 8.86. The summed E-state index contributed by atoms with van der Waals surface area (Å²) in [6, 6.07) is 34.7. The summed E-state index contributed by atoms with van der Waals surface area (Å²) in [7, 11) is 3.74. The minimum absolute atomic E-state index is 0.0938. The number of amides is 2. The number of nitrogens with zero attached hydrogens (tertiary/aromatic N) is 4. The molecule has 7 aromatic rings. The number of rotatable bonds is 8. The molecule has 0 N–H and O–H groups in total. The topological polar surface area (TPSA) is 59.7 Å². The van der Waals surface area contributed by atoms with Gasteiger partial charge in [-0.15, -0.1) is 0 Å². The Balaban J connectivity index is 0.000000172. The number of likely N-dealkylation sites (tertiary alicyclic amines) is 2. The molecule has 4 heterocycles. The van der Waals surface area contributed by atoms with E-state index in [9.17, 15) is 18.4 Å². The highest BCUT2D eigenvalue weighted by molar-refractivity contribution is 6.30. The van der Waals surface area contributed by atoms with Gasteiger partial charge in [-0.05, 0) is 90.0 Å². The van der Waals surface area contributed by atoms with Gasteiger partial charge in [0.15, 0.2) is 0 Å². The number of halogens is 3. The minimum atomic E-state index is -0.813. The molecular formula is C49H47ClF2N4O3. The average molecular weight is 813 g/mol. The van der Waals surface area contributed by atoms with Crippen molar-refractivity contribution in [2.75, 3.05) is 33.3 Å². The van der Waals surface area contributed by atoms with Crippen LogP contribution in [0.3, 0.4) is 0 Å². The van der Waals surface area contributed by atoms with Gasteiger partial charge in [0.1, 0.15) is 22.9 Å². The van der Waals surface area contributed by atoms with Crippen LogP contribution in [0.25, 0.3) is 21.8 Å². The van der Waals surface area contributed by atoms with Gasteiger partial charge in [-0.3, -0.25) is 9.59 Å². The van der Waals surface area contributed by atoms with Gasteiger partial charge >= 0.3 is 0 Å². The highest BCUT2D eigenvalue weighted by Crippen LogP contribution is 2.36. The Bertz CT molecular complexity index is 2650. The minimum Gasteiger partial charge on any atom is -0.497 e. The first-order valence-corrected chi connectivity index (χ1v) is 20.5. The number of carbonyl (C=O) groups excluding carboxylic acids is 2. The second-order valence-corrected chi connectivity index (χ2v) is 16.1. The second-order valence-electron chi connectivity index (χ2n) is 15.7. The van der Waals surface area contributed by atoms with Gasteiger partial charge < -0.3 is 23.7 Å². The monoisotopic (exact) mass is 812 g/mol. The zero-order valence-corrected chi connectivity index (χ0v) is 34.3. The number of ether oxygens (including phenoxy) is 1. The number of carbonyl (C=O) groups is 2. The molecule has 59 heavy (non-hydrogen) atoms. The van der Waals surface area contributed by atoms with E-state index in [0.717, 1.165) is 65.3 Å². The van der Waals surface area contributed by atoms with Crippen LogP contribution in [-0.4, -0.2) is 64.0 Å². The molecule has 2 fully saturated rings. The van der Waals surface area contributed by atoms with Crippen molar-refractivity contribution >= 4 is 45.2 Å². The number of para-hydroxylation sites is 2. The number of hydrogen-bond donors (Lipinski definition) is 0. The van der Waals surface area contributed by atoms with Gasteiger partial charge in [-0.25, -0.2) is 8.78 Å². The van der Waals surface area contributed by atoms with E-state index in [2.05, 4.69) is 71.0 Å². The van der Waals surface area contributed by atoms with E-state index < -0.39 is 23.1 Å². The molecule has 0 radical (unpaired) electrons. The number of benzene rings is 5. The molecule has 9 rings (SSSR count). The van der Waals surface area contributed by atoms with Crippen molar-refractivity contribution in [3.8, 4) is 5.75 Å². The maximum absolute atomic E-state index is 14.6. The average Bonchev–Trinajstić information content (AvgIpc) is 4.07. The Morgan fingerprint density at radius 3 is 2.12 bits per heavy atom. The molecule has 2 aromatic heterocycles. The van der Waals surface area contributed by atoms with Crippen LogP contribution in [0.4, 0.5) is 8.78 Å². The summed E-state index contributed by atoms with van der Waals surface area (Å²) in [5.41, 5.74) is 6.83. The maximum atomic E-state index is 14.6. The van der Waals surface area contributed by atoms with Crippen molar-refractivity contribution in [3.05, 3.63) is 172 Å². The predicted octanol–water partition coefficient (Wildman–Crippen LogP) is 10.3. The van der Waals surface area contributed by atoms with E-state index in [4.69, 9.17) is 16.3 Å². The highest BCUT2D eigenvalue weighted by Gasteiger charge is 2.33. The number of aryl methyl sites for hydroxylation is 2. The van der Waals surface area contributed by atoms with Gasteiger partial charge in [0.2, 0.25) is 5.91 Å². The molecule has 0 bridgehead atoms. The van der Waals surface area contributed by atoms with Crippen LogP contribution in [0.15, 0.2) is 122 Å². The Morgan fingerprint density at radius 1 is 0.746 bits per heavy atom. The van der Waals surface area contributed by atoms with E-state index in [0.29, 0.717) is 37.0 Å². The summed E-state index contributed by atoms with van der Waals surface area (Å²) in [6.07, 6.45) is 6.59. The van der Waals surface area contributed by atoms with Crippen molar-refractivity contribution in [2.45, 2.75) is 44.6 Å². The third kappa shape index (κ3) is 8.35. The number of aromatic nitrogens is 2. The van der Waals surface area contributed by atoms with Crippen LogP contribution in [0.1, 0.15) is 62.9 Å². The van der Waals surface area contributed by atoms with Gasteiger partial charge in [0.25, 0.3) is 5.91 Å². The van der Waals surface area contributed by atoms with Crippen molar-refractivity contribution in [3.63, 3.8) is 0 Å². The van der Waals surface area contributed by atoms with Gasteiger partial charge in [0, 0.05) is 90.8 Å². The molecule has 5 aromatic carbocycles. The lowest BCUT2D eigenvalue weighted by Gasteiger charge is -2.18. The maximum Gasteiger partial charge on any atom is 0.259 e. The molecule has 0 saturated carbocycles. The first-order chi connectivity index (χ1) is 28.6. The van der Waals surface area contributed by atoms with E-state index in [1.54, 1.807) is 12.0 Å². The number of methoxy groups -OCH3 is 1. The van der Waals surface area contributed by atoms with E-state index in [-0.39, 0.29) is 17.4 Å². The van der Waals surface area contributed by atoms with Crippen molar-refractivity contribution in [2.24, 2.45) is 7.05 Å². The third-order valence-electron chi connectivity index (χ3n) is 11.9. The molecule has 2 aliphatic rings. The summed E-state index contributed by atoms with van der Waals surface area (Å²) >= 11 is 5.91.